The number of hydrogen-bond acceptors (Lipinski definition) is 4. The van der Waals surface area contributed by atoms with Crippen LogP contribution < -0.4 is 0 Å². The van der Waals surface area contributed by atoms with Crippen LogP contribution in [0.3, 0.4) is 0 Å². The van der Waals surface area contributed by atoms with Crippen molar-refractivity contribution in [3.05, 3.63) is 46.6 Å². The van der Waals surface area contributed by atoms with Gasteiger partial charge in [0.25, 0.3) is 0 Å². The summed E-state index contributed by atoms with van der Waals surface area (Å²) in [5.41, 5.74) is 0.967. The maximum atomic E-state index is 12.6. The summed E-state index contributed by atoms with van der Waals surface area (Å²) in [4.78, 5) is 19.0. The molecule has 2 heterocycles. The van der Waals surface area contributed by atoms with E-state index < -0.39 is 0 Å². The predicted octanol–water partition coefficient (Wildman–Crippen LogP) is 3.51. The molecule has 1 unspecified atom stereocenters. The molecular weight excluding hydrogens is 314 g/mol. The van der Waals surface area contributed by atoms with Crippen LogP contribution in [0.2, 0.25) is 5.02 Å². The minimum absolute atomic E-state index is 0.0743. The lowest BCUT2D eigenvalue weighted by Crippen LogP contribution is -2.32. The summed E-state index contributed by atoms with van der Waals surface area (Å²) in [5.74, 6) is 1.96. The lowest BCUT2D eigenvalue weighted by atomic mass is 10.1. The van der Waals surface area contributed by atoms with E-state index in [2.05, 4.69) is 10.1 Å². The van der Waals surface area contributed by atoms with Gasteiger partial charge in [0.15, 0.2) is 5.82 Å². The molecule has 0 N–H and O–H groups in total. The molecule has 4 rings (SSSR count). The van der Waals surface area contributed by atoms with Crippen LogP contribution in [0.4, 0.5) is 0 Å². The molecule has 1 amide bonds. The van der Waals surface area contributed by atoms with Gasteiger partial charge in [-0.05, 0) is 43.4 Å². The Kier molecular flexibility index (Phi) is 3.81. The molecule has 1 aliphatic carbocycles. The summed E-state index contributed by atoms with van der Waals surface area (Å²) in [5, 5.41) is 4.75. The second-order valence-corrected chi connectivity index (χ2v) is 6.75. The minimum Gasteiger partial charge on any atom is -0.337 e. The molecule has 23 heavy (non-hydrogen) atoms. The third kappa shape index (κ3) is 3.11. The Balaban J connectivity index is 1.47. The summed E-state index contributed by atoms with van der Waals surface area (Å²) in [6, 6.07) is 7.33. The van der Waals surface area contributed by atoms with Crippen LogP contribution in [0.25, 0.3) is 0 Å². The highest BCUT2D eigenvalue weighted by Crippen LogP contribution is 2.39. The molecule has 1 aromatic carbocycles. The third-order valence-electron chi connectivity index (χ3n) is 4.53. The van der Waals surface area contributed by atoms with Gasteiger partial charge in [0, 0.05) is 17.5 Å². The van der Waals surface area contributed by atoms with Crippen molar-refractivity contribution in [2.75, 3.05) is 6.54 Å². The van der Waals surface area contributed by atoms with E-state index in [1.54, 1.807) is 0 Å². The number of hydrogen-bond donors (Lipinski definition) is 0. The van der Waals surface area contributed by atoms with Gasteiger partial charge in [-0.25, -0.2) is 0 Å². The van der Waals surface area contributed by atoms with Crippen LogP contribution in [0.1, 0.15) is 54.9 Å². The molecule has 2 fully saturated rings. The average molecular weight is 332 g/mol. The molecule has 120 valence electrons. The number of rotatable bonds is 4. The Morgan fingerprint density at radius 2 is 2.04 bits per heavy atom. The highest BCUT2D eigenvalue weighted by molar-refractivity contribution is 6.30. The van der Waals surface area contributed by atoms with E-state index in [1.807, 2.05) is 29.2 Å². The summed E-state index contributed by atoms with van der Waals surface area (Å²) in [7, 11) is 0. The van der Waals surface area contributed by atoms with E-state index in [0.717, 1.165) is 43.6 Å². The van der Waals surface area contributed by atoms with Crippen LogP contribution in [-0.4, -0.2) is 27.5 Å². The van der Waals surface area contributed by atoms with Crippen molar-refractivity contribution >= 4 is 17.5 Å². The van der Waals surface area contributed by atoms with Crippen molar-refractivity contribution in [1.82, 2.24) is 15.0 Å². The monoisotopic (exact) mass is 331 g/mol. The van der Waals surface area contributed by atoms with Gasteiger partial charge in [-0.15, -0.1) is 0 Å². The van der Waals surface area contributed by atoms with Gasteiger partial charge < -0.3 is 9.42 Å². The number of amides is 1. The maximum Gasteiger partial charge on any atom is 0.249 e. The van der Waals surface area contributed by atoms with Crippen molar-refractivity contribution in [1.29, 1.82) is 0 Å². The Morgan fingerprint density at radius 1 is 1.26 bits per heavy atom. The molecule has 1 aromatic heterocycles. The molecule has 5 nitrogen and oxygen atoms in total. The van der Waals surface area contributed by atoms with E-state index in [-0.39, 0.29) is 11.9 Å². The second-order valence-electron chi connectivity index (χ2n) is 6.31. The number of aromatic nitrogens is 2. The van der Waals surface area contributed by atoms with Crippen molar-refractivity contribution in [2.24, 2.45) is 0 Å². The second kappa shape index (κ2) is 5.96. The smallest absolute Gasteiger partial charge is 0.249 e. The van der Waals surface area contributed by atoms with E-state index in [4.69, 9.17) is 16.1 Å². The summed E-state index contributed by atoms with van der Waals surface area (Å²) >= 11 is 5.89. The zero-order valence-electron chi connectivity index (χ0n) is 12.7. The molecule has 1 saturated heterocycles. The summed E-state index contributed by atoms with van der Waals surface area (Å²) in [6.07, 6.45) is 4.51. The first-order valence-electron chi connectivity index (χ1n) is 8.08. The molecule has 2 aromatic rings. The first kappa shape index (κ1) is 14.7. The molecule has 1 aliphatic heterocycles. The fraction of sp³-hybridized carbons (Fsp3) is 0.471. The number of likely N-dealkylation sites (tertiary alicyclic amines) is 1. The topological polar surface area (TPSA) is 59.2 Å². The van der Waals surface area contributed by atoms with Gasteiger partial charge in [0.05, 0.1) is 6.42 Å². The highest BCUT2D eigenvalue weighted by atomic mass is 35.5. The molecule has 2 aliphatic rings. The number of nitrogens with zero attached hydrogens (tertiary/aromatic N) is 3. The first-order valence-corrected chi connectivity index (χ1v) is 8.46. The van der Waals surface area contributed by atoms with Gasteiger partial charge in [-0.2, -0.15) is 4.98 Å². The van der Waals surface area contributed by atoms with E-state index in [9.17, 15) is 4.79 Å². The van der Waals surface area contributed by atoms with E-state index in [1.165, 1.54) is 0 Å². The molecule has 0 bridgehead atoms. The van der Waals surface area contributed by atoms with Crippen LogP contribution in [-0.2, 0) is 11.2 Å². The van der Waals surface area contributed by atoms with Crippen LogP contribution >= 0.6 is 11.6 Å². The van der Waals surface area contributed by atoms with Crippen LogP contribution in [0.15, 0.2) is 28.8 Å². The Morgan fingerprint density at radius 3 is 2.78 bits per heavy atom. The van der Waals surface area contributed by atoms with Gasteiger partial charge in [-0.1, -0.05) is 28.9 Å². The summed E-state index contributed by atoms with van der Waals surface area (Å²) < 4.78 is 5.42. The largest absolute Gasteiger partial charge is 0.337 e. The number of benzene rings is 1. The highest BCUT2D eigenvalue weighted by Gasteiger charge is 2.36. The SMILES string of the molecule is O=C(Cc1ccc(Cl)cc1)N1CCCC1c1nc(C2CC2)no1. The Hall–Kier alpha value is -1.88. The maximum absolute atomic E-state index is 12.6. The van der Waals surface area contributed by atoms with Gasteiger partial charge >= 0.3 is 0 Å². The Labute approximate surface area is 139 Å². The molecule has 1 atom stereocenters. The third-order valence-corrected chi connectivity index (χ3v) is 4.78. The van der Waals surface area contributed by atoms with Gasteiger partial charge in [-0.3, -0.25) is 4.79 Å². The summed E-state index contributed by atoms with van der Waals surface area (Å²) in [6.45, 7) is 0.748. The molecule has 1 saturated carbocycles. The van der Waals surface area contributed by atoms with Crippen LogP contribution in [0, 0.1) is 0 Å². The zero-order chi connectivity index (χ0) is 15.8. The van der Waals surface area contributed by atoms with Crippen molar-refractivity contribution in [3.63, 3.8) is 0 Å². The minimum atomic E-state index is -0.0743. The lowest BCUT2D eigenvalue weighted by Gasteiger charge is -2.22. The predicted molar refractivity (Wildman–Crippen MR) is 85.1 cm³/mol. The fourth-order valence-electron chi connectivity index (χ4n) is 3.09. The normalized spacial score (nSPS) is 20.9. The number of carbonyl (C=O) groups is 1. The van der Waals surface area contributed by atoms with E-state index >= 15 is 0 Å². The lowest BCUT2D eigenvalue weighted by molar-refractivity contribution is -0.131. The van der Waals surface area contributed by atoms with Gasteiger partial charge in [0.2, 0.25) is 11.8 Å². The quantitative estimate of drug-likeness (QED) is 0.860. The Bertz CT molecular complexity index is 709. The van der Waals surface area contributed by atoms with Gasteiger partial charge in [0.1, 0.15) is 6.04 Å². The van der Waals surface area contributed by atoms with Crippen molar-refractivity contribution in [3.8, 4) is 0 Å². The first-order chi connectivity index (χ1) is 11.2. The van der Waals surface area contributed by atoms with Crippen molar-refractivity contribution in [2.45, 2.75) is 44.1 Å². The number of carbonyl (C=O) groups excluding carboxylic acids is 1. The van der Waals surface area contributed by atoms with Crippen LogP contribution in [0.5, 0.6) is 0 Å². The number of halogens is 1. The molecular formula is C17H18ClN3O2. The average Bonchev–Trinajstić information content (AvgIpc) is 3.10. The molecule has 0 spiro atoms. The van der Waals surface area contributed by atoms with E-state index in [0.29, 0.717) is 23.3 Å². The standard InChI is InChI=1S/C17H18ClN3O2/c18-13-7-3-11(4-8-13)10-15(22)21-9-1-2-14(21)17-19-16(20-23-17)12-5-6-12/h3-4,7-8,12,14H,1-2,5-6,9-10H2. The zero-order valence-corrected chi connectivity index (χ0v) is 13.5. The molecule has 0 radical (unpaired) electrons. The van der Waals surface area contributed by atoms with Crippen molar-refractivity contribution < 1.29 is 9.32 Å². The fourth-order valence-corrected chi connectivity index (χ4v) is 3.22. The molecule has 6 heteroatoms.